The Balaban J connectivity index is 1.81. The van der Waals surface area contributed by atoms with Crippen LogP contribution >= 0.6 is 0 Å². The van der Waals surface area contributed by atoms with E-state index in [2.05, 4.69) is 5.32 Å². The molecule has 21 heavy (non-hydrogen) atoms. The zero-order valence-corrected chi connectivity index (χ0v) is 12.8. The molecule has 1 aromatic carbocycles. The summed E-state index contributed by atoms with van der Waals surface area (Å²) in [6.07, 6.45) is 3.13. The lowest BCUT2D eigenvalue weighted by Gasteiger charge is -2.17. The highest BCUT2D eigenvalue weighted by Gasteiger charge is 2.25. The Morgan fingerprint density at radius 2 is 2.29 bits per heavy atom. The van der Waals surface area contributed by atoms with Crippen molar-refractivity contribution in [2.75, 3.05) is 13.7 Å². The molecule has 1 fully saturated rings. The summed E-state index contributed by atoms with van der Waals surface area (Å²) in [6, 6.07) is 7.83. The Morgan fingerprint density at radius 3 is 2.95 bits per heavy atom. The molecule has 0 aromatic heterocycles. The maximum atomic E-state index is 12.0. The van der Waals surface area contributed by atoms with Crippen molar-refractivity contribution in [3.63, 3.8) is 0 Å². The molecule has 4 heteroatoms. The molecule has 1 aromatic rings. The summed E-state index contributed by atoms with van der Waals surface area (Å²) in [5, 5.41) is 12.7. The number of aliphatic hydroxyl groups is 1. The minimum absolute atomic E-state index is 0.0458. The fraction of sp³-hybridized carbons (Fsp3) is 0.588. The first kappa shape index (κ1) is 15.8. The van der Waals surface area contributed by atoms with Crippen LogP contribution in [-0.2, 0) is 4.79 Å². The number of hydrogen-bond donors (Lipinski definition) is 2. The topological polar surface area (TPSA) is 58.6 Å². The van der Waals surface area contributed by atoms with Crippen LogP contribution in [0.4, 0.5) is 0 Å². The monoisotopic (exact) mass is 291 g/mol. The Hall–Kier alpha value is -1.55. The minimum Gasteiger partial charge on any atom is -0.497 e. The number of hydrogen-bond acceptors (Lipinski definition) is 3. The van der Waals surface area contributed by atoms with E-state index < -0.39 is 0 Å². The standard InChI is InChI=1S/C17H25NO3/c1-12(13-5-3-7-15(10-13)21-2)9-17(20)18-11-14-6-4-8-16(14)19/h3,5,7,10,12,14,16,19H,4,6,8-9,11H2,1-2H3,(H,18,20). The molecule has 0 aliphatic heterocycles. The zero-order chi connectivity index (χ0) is 15.2. The lowest BCUT2D eigenvalue weighted by atomic mass is 9.97. The highest BCUT2D eigenvalue weighted by Crippen LogP contribution is 2.25. The molecule has 0 spiro atoms. The van der Waals surface area contributed by atoms with Crippen LogP contribution < -0.4 is 10.1 Å². The van der Waals surface area contributed by atoms with Gasteiger partial charge in [-0.15, -0.1) is 0 Å². The second-order valence-electron chi connectivity index (χ2n) is 5.94. The number of aliphatic hydroxyl groups excluding tert-OH is 1. The van der Waals surface area contributed by atoms with Gasteiger partial charge in [-0.2, -0.15) is 0 Å². The van der Waals surface area contributed by atoms with Crippen molar-refractivity contribution in [3.05, 3.63) is 29.8 Å². The summed E-state index contributed by atoms with van der Waals surface area (Å²) in [5.74, 6) is 1.23. The van der Waals surface area contributed by atoms with Gasteiger partial charge in [0.1, 0.15) is 5.75 Å². The molecule has 4 nitrogen and oxygen atoms in total. The third-order valence-corrected chi connectivity index (χ3v) is 4.33. The van der Waals surface area contributed by atoms with Crippen molar-refractivity contribution >= 4 is 5.91 Å². The molecule has 1 amide bonds. The number of ether oxygens (including phenoxy) is 1. The Labute approximate surface area is 126 Å². The van der Waals surface area contributed by atoms with Gasteiger partial charge in [0.05, 0.1) is 13.2 Å². The van der Waals surface area contributed by atoms with Gasteiger partial charge in [-0.05, 0) is 36.5 Å². The van der Waals surface area contributed by atoms with Gasteiger partial charge in [0, 0.05) is 18.9 Å². The molecule has 3 unspecified atom stereocenters. The molecule has 2 N–H and O–H groups in total. The number of amides is 1. The molecular weight excluding hydrogens is 266 g/mol. The first-order chi connectivity index (χ1) is 10.1. The average Bonchev–Trinajstić information content (AvgIpc) is 2.90. The van der Waals surface area contributed by atoms with Crippen molar-refractivity contribution in [1.29, 1.82) is 0 Å². The second-order valence-corrected chi connectivity index (χ2v) is 5.94. The lowest BCUT2D eigenvalue weighted by Crippen LogP contribution is -2.32. The van der Waals surface area contributed by atoms with Gasteiger partial charge in [-0.1, -0.05) is 25.5 Å². The van der Waals surface area contributed by atoms with Crippen LogP contribution in [-0.4, -0.2) is 30.8 Å². The van der Waals surface area contributed by atoms with E-state index in [-0.39, 0.29) is 23.8 Å². The molecule has 0 bridgehead atoms. The van der Waals surface area contributed by atoms with Gasteiger partial charge in [0.25, 0.3) is 0 Å². The Morgan fingerprint density at radius 1 is 1.48 bits per heavy atom. The molecular formula is C17H25NO3. The SMILES string of the molecule is COc1cccc(C(C)CC(=O)NCC2CCCC2O)c1. The van der Waals surface area contributed by atoms with E-state index in [1.165, 1.54) is 0 Å². The van der Waals surface area contributed by atoms with Crippen molar-refractivity contribution in [2.45, 2.75) is 44.6 Å². The van der Waals surface area contributed by atoms with Gasteiger partial charge in [0.2, 0.25) is 5.91 Å². The van der Waals surface area contributed by atoms with Crippen molar-refractivity contribution in [3.8, 4) is 5.75 Å². The van der Waals surface area contributed by atoms with Crippen LogP contribution in [0.5, 0.6) is 5.75 Å². The van der Waals surface area contributed by atoms with Crippen LogP contribution in [0.1, 0.15) is 44.1 Å². The minimum atomic E-state index is -0.249. The van der Waals surface area contributed by atoms with Gasteiger partial charge in [-0.3, -0.25) is 4.79 Å². The quantitative estimate of drug-likeness (QED) is 0.846. The number of carbonyl (C=O) groups excluding carboxylic acids is 1. The average molecular weight is 291 g/mol. The molecule has 0 saturated heterocycles. The lowest BCUT2D eigenvalue weighted by molar-refractivity contribution is -0.121. The van der Waals surface area contributed by atoms with Crippen molar-refractivity contribution in [2.24, 2.45) is 5.92 Å². The summed E-state index contributed by atoms with van der Waals surface area (Å²) in [5.41, 5.74) is 1.10. The Bertz CT molecular complexity index is 475. The summed E-state index contributed by atoms with van der Waals surface area (Å²) < 4.78 is 5.21. The maximum absolute atomic E-state index is 12.0. The predicted octanol–water partition coefficient (Wildman–Crippen LogP) is 2.47. The maximum Gasteiger partial charge on any atom is 0.220 e. The van der Waals surface area contributed by atoms with Gasteiger partial charge in [0.15, 0.2) is 0 Å². The predicted molar refractivity (Wildman–Crippen MR) is 82.4 cm³/mol. The van der Waals surface area contributed by atoms with Crippen molar-refractivity contribution < 1.29 is 14.6 Å². The molecule has 116 valence electrons. The molecule has 2 rings (SSSR count). The van der Waals surface area contributed by atoms with Crippen LogP contribution in [0, 0.1) is 5.92 Å². The largest absolute Gasteiger partial charge is 0.497 e. The smallest absolute Gasteiger partial charge is 0.220 e. The summed E-state index contributed by atoms with van der Waals surface area (Å²) in [7, 11) is 1.64. The van der Waals surface area contributed by atoms with E-state index in [4.69, 9.17) is 4.74 Å². The van der Waals surface area contributed by atoms with Gasteiger partial charge in [-0.25, -0.2) is 0 Å². The molecule has 1 aliphatic carbocycles. The molecule has 1 aliphatic rings. The van der Waals surface area contributed by atoms with Gasteiger partial charge < -0.3 is 15.2 Å². The normalized spacial score (nSPS) is 22.8. The zero-order valence-electron chi connectivity index (χ0n) is 12.8. The van der Waals surface area contributed by atoms with Crippen LogP contribution in [0.3, 0.4) is 0 Å². The molecule has 1 saturated carbocycles. The van der Waals surface area contributed by atoms with Crippen LogP contribution in [0.25, 0.3) is 0 Å². The summed E-state index contributed by atoms with van der Waals surface area (Å²) in [4.78, 5) is 12.0. The summed E-state index contributed by atoms with van der Waals surface area (Å²) >= 11 is 0. The number of carbonyl (C=O) groups is 1. The molecule has 0 radical (unpaired) electrons. The molecule has 0 heterocycles. The number of rotatable bonds is 6. The van der Waals surface area contributed by atoms with Gasteiger partial charge >= 0.3 is 0 Å². The summed E-state index contributed by atoms with van der Waals surface area (Å²) in [6.45, 7) is 2.63. The van der Waals surface area contributed by atoms with Crippen LogP contribution in [0.2, 0.25) is 0 Å². The first-order valence-electron chi connectivity index (χ1n) is 7.69. The van der Waals surface area contributed by atoms with E-state index in [0.717, 1.165) is 30.6 Å². The highest BCUT2D eigenvalue weighted by atomic mass is 16.5. The van der Waals surface area contributed by atoms with E-state index >= 15 is 0 Å². The van der Waals surface area contributed by atoms with E-state index in [0.29, 0.717) is 13.0 Å². The number of nitrogens with one attached hydrogen (secondary N) is 1. The van der Waals surface area contributed by atoms with Crippen molar-refractivity contribution in [1.82, 2.24) is 5.32 Å². The number of benzene rings is 1. The van der Waals surface area contributed by atoms with E-state index in [1.807, 2.05) is 31.2 Å². The second kappa shape index (κ2) is 7.46. The molecule has 3 atom stereocenters. The third kappa shape index (κ3) is 4.46. The first-order valence-corrected chi connectivity index (χ1v) is 7.69. The highest BCUT2D eigenvalue weighted by molar-refractivity contribution is 5.76. The fourth-order valence-electron chi connectivity index (χ4n) is 2.92. The van der Waals surface area contributed by atoms with Crippen LogP contribution in [0.15, 0.2) is 24.3 Å². The van der Waals surface area contributed by atoms with E-state index in [9.17, 15) is 9.90 Å². The third-order valence-electron chi connectivity index (χ3n) is 4.33. The Kier molecular flexibility index (Phi) is 5.62. The number of methoxy groups -OCH3 is 1. The fourth-order valence-corrected chi connectivity index (χ4v) is 2.92. The van der Waals surface area contributed by atoms with E-state index in [1.54, 1.807) is 7.11 Å².